The highest BCUT2D eigenvalue weighted by atomic mass is 32.3. The van der Waals surface area contributed by atoms with Gasteiger partial charge in [0, 0.05) is 17.8 Å². The van der Waals surface area contributed by atoms with Crippen LogP contribution >= 0.6 is 0 Å². The number of anilines is 1. The van der Waals surface area contributed by atoms with Crippen LogP contribution in [0.5, 0.6) is 5.75 Å². The van der Waals surface area contributed by atoms with E-state index in [0.717, 1.165) is 42.5 Å². The minimum atomic E-state index is -5.25. The first-order chi connectivity index (χ1) is 26.1. The number of phenols is 1. The predicted octanol–water partition coefficient (Wildman–Crippen LogP) is 3.10. The van der Waals surface area contributed by atoms with Gasteiger partial charge in [0.1, 0.15) is 26.9 Å². The average Bonchev–Trinajstić information content (AvgIpc) is 3.08. The van der Waals surface area contributed by atoms with Crippen molar-refractivity contribution in [2.45, 2.75) is 19.6 Å². The Morgan fingerprint density at radius 2 is 1.07 bits per heavy atom. The topological polar surface area (TPSA) is 386 Å². The average molecular weight is 918 g/mol. The fraction of sp³-hybridized carbons (Fsp3) is 0.185. The second kappa shape index (κ2) is 16.7. The van der Waals surface area contributed by atoms with Gasteiger partial charge in [0.15, 0.2) is 25.4 Å². The molecule has 6 N–H and O–H groups in total. The summed E-state index contributed by atoms with van der Waals surface area (Å²) in [5.74, 6) is -2.80. The first-order valence-corrected chi connectivity index (χ1v) is 23.8. The smallest absolute Gasteiger partial charge is 0.397 e. The number of phenolic OH excluding ortho intramolecular Hbond substituents is 1. The molecule has 30 heteroatoms. The van der Waals surface area contributed by atoms with Gasteiger partial charge in [-0.3, -0.25) is 18.2 Å². The van der Waals surface area contributed by atoms with E-state index in [1.807, 2.05) is 0 Å². The SMILES string of the molecule is CNc1ccc2c(O)c(N=Nc3ccc(S(=O)(=O)CCOS(=O)(=O)O)cc3)c(S(=O)(=O)O)cc2c1N=Nc1ccc(S(=O)(=O)CCOS(=O)(=O)O)cc1S(=O)(=O)O. The standard InChI is InChI=1S/C27H27N5O19S6/c1-28-22-9-7-19-20(25(22)31-30-21-8-6-18(14-23(21)54(38,39)40)53(36,37)13-11-51-57(47,48)49)15-24(55(41,42)43)26(27(19)33)32-29-16-2-4-17(5-3-16)52(34,35)12-10-50-56(44,45)46/h2-9,14-15,28,33H,10-13H2,1H3,(H,38,39,40)(H,41,42,43)(H,44,45,46)(H,47,48,49). The Labute approximate surface area is 324 Å². The molecule has 0 radical (unpaired) electrons. The van der Waals surface area contributed by atoms with Gasteiger partial charge in [-0.2, -0.15) is 38.8 Å². The maximum atomic E-state index is 12.7. The summed E-state index contributed by atoms with van der Waals surface area (Å²) in [7, 11) is -27.6. The zero-order valence-corrected chi connectivity index (χ0v) is 33.2. The molecule has 24 nitrogen and oxygen atoms in total. The van der Waals surface area contributed by atoms with Crippen molar-refractivity contribution in [1.82, 2.24) is 0 Å². The van der Waals surface area contributed by atoms with E-state index in [1.54, 1.807) is 0 Å². The molecule has 0 aromatic heterocycles. The molecular formula is C27H27N5O19S6. The lowest BCUT2D eigenvalue weighted by Crippen LogP contribution is -2.16. The van der Waals surface area contributed by atoms with Crippen molar-refractivity contribution in [2.75, 3.05) is 37.1 Å². The lowest BCUT2D eigenvalue weighted by atomic mass is 10.1. The summed E-state index contributed by atoms with van der Waals surface area (Å²) < 4.78 is 188. The van der Waals surface area contributed by atoms with Crippen LogP contribution in [0.15, 0.2) is 101 Å². The van der Waals surface area contributed by atoms with Crippen molar-refractivity contribution in [1.29, 1.82) is 0 Å². The van der Waals surface area contributed by atoms with Crippen LogP contribution in [0.2, 0.25) is 0 Å². The number of sulfone groups is 2. The molecule has 0 saturated carbocycles. The van der Waals surface area contributed by atoms with Crippen LogP contribution < -0.4 is 5.32 Å². The van der Waals surface area contributed by atoms with Crippen molar-refractivity contribution < 1.29 is 82.2 Å². The quantitative estimate of drug-likeness (QED) is 0.0654. The number of benzene rings is 4. The first-order valence-electron chi connectivity index (χ1n) is 14.9. The lowest BCUT2D eigenvalue weighted by Gasteiger charge is -2.13. The Balaban J connectivity index is 1.78. The normalized spacial score (nSPS) is 13.5. The van der Waals surface area contributed by atoms with Gasteiger partial charge in [-0.05, 0) is 60.7 Å². The van der Waals surface area contributed by atoms with Crippen LogP contribution in [0.4, 0.5) is 28.4 Å². The summed E-state index contributed by atoms with van der Waals surface area (Å²) in [6.07, 6.45) is 0. The van der Waals surface area contributed by atoms with Crippen LogP contribution in [0.3, 0.4) is 0 Å². The summed E-state index contributed by atoms with van der Waals surface area (Å²) in [5, 5.41) is 28.7. The minimum absolute atomic E-state index is 0.0624. The maximum Gasteiger partial charge on any atom is 0.397 e. The molecule has 0 aliphatic heterocycles. The molecule has 0 aliphatic carbocycles. The van der Waals surface area contributed by atoms with Crippen molar-refractivity contribution in [3.63, 3.8) is 0 Å². The molecule has 0 fully saturated rings. The Hall–Kier alpha value is -4.60. The zero-order chi connectivity index (χ0) is 42.8. The Morgan fingerprint density at radius 3 is 1.58 bits per heavy atom. The Bertz CT molecular complexity index is 2970. The molecule has 57 heavy (non-hydrogen) atoms. The third-order valence-electron chi connectivity index (χ3n) is 7.21. The molecule has 0 amide bonds. The molecule has 0 spiro atoms. The molecule has 0 unspecified atom stereocenters. The van der Waals surface area contributed by atoms with Gasteiger partial charge in [0.05, 0.1) is 45.9 Å². The van der Waals surface area contributed by atoms with Crippen LogP contribution in [-0.4, -0.2) is 106 Å². The van der Waals surface area contributed by atoms with Crippen molar-refractivity contribution in [3.05, 3.63) is 60.7 Å². The number of fused-ring (bicyclic) bond motifs is 1. The van der Waals surface area contributed by atoms with Gasteiger partial charge < -0.3 is 10.4 Å². The molecule has 0 aliphatic rings. The highest BCUT2D eigenvalue weighted by molar-refractivity contribution is 7.92. The largest absolute Gasteiger partial charge is 0.505 e. The van der Waals surface area contributed by atoms with Gasteiger partial charge in [-0.1, -0.05) is 0 Å². The molecule has 0 saturated heterocycles. The van der Waals surface area contributed by atoms with Crippen molar-refractivity contribution >= 4 is 99.9 Å². The van der Waals surface area contributed by atoms with Crippen molar-refractivity contribution in [3.8, 4) is 5.75 Å². The molecule has 0 heterocycles. The maximum absolute atomic E-state index is 12.7. The van der Waals surface area contributed by atoms with Crippen LogP contribution in [-0.2, 0) is 69.1 Å². The number of aromatic hydroxyl groups is 1. The summed E-state index contributed by atoms with van der Waals surface area (Å²) >= 11 is 0. The number of azo groups is 2. The van der Waals surface area contributed by atoms with E-state index in [0.29, 0.717) is 6.07 Å². The summed E-state index contributed by atoms with van der Waals surface area (Å²) in [6.45, 7) is -1.95. The van der Waals surface area contributed by atoms with E-state index < -0.39 is 117 Å². The molecule has 4 aromatic carbocycles. The molecule has 4 rings (SSSR count). The highest BCUT2D eigenvalue weighted by Gasteiger charge is 2.26. The second-order valence-electron chi connectivity index (χ2n) is 11.0. The van der Waals surface area contributed by atoms with Gasteiger partial charge in [-0.15, -0.1) is 15.3 Å². The van der Waals surface area contributed by atoms with Gasteiger partial charge >= 0.3 is 20.8 Å². The number of hydrogen-bond donors (Lipinski definition) is 6. The summed E-state index contributed by atoms with van der Waals surface area (Å²) in [4.78, 5) is -3.22. The van der Waals surface area contributed by atoms with Crippen LogP contribution in [0.25, 0.3) is 10.8 Å². The van der Waals surface area contributed by atoms with E-state index in [4.69, 9.17) is 9.11 Å². The van der Waals surface area contributed by atoms with E-state index in [1.165, 1.54) is 19.2 Å². The van der Waals surface area contributed by atoms with Crippen molar-refractivity contribution in [2.24, 2.45) is 20.5 Å². The third kappa shape index (κ3) is 11.7. The summed E-state index contributed by atoms with van der Waals surface area (Å²) in [5.41, 5.74) is -1.83. The molecular weight excluding hydrogens is 891 g/mol. The van der Waals surface area contributed by atoms with E-state index >= 15 is 0 Å². The lowest BCUT2D eigenvalue weighted by molar-refractivity contribution is 0.282. The number of nitrogens with one attached hydrogen (secondary N) is 1. The monoisotopic (exact) mass is 917 g/mol. The molecule has 0 bridgehead atoms. The third-order valence-corrected chi connectivity index (χ3v) is 13.3. The fourth-order valence-corrected chi connectivity index (χ4v) is 9.02. The fourth-order valence-electron chi connectivity index (χ4n) is 4.65. The van der Waals surface area contributed by atoms with Crippen LogP contribution in [0.1, 0.15) is 0 Å². The number of rotatable bonds is 17. The van der Waals surface area contributed by atoms with Gasteiger partial charge in [0.25, 0.3) is 20.2 Å². The second-order valence-corrected chi connectivity index (χ2v) is 20.2. The highest BCUT2D eigenvalue weighted by Crippen LogP contribution is 2.46. The number of nitrogens with zero attached hydrogens (tertiary/aromatic N) is 4. The summed E-state index contributed by atoms with van der Waals surface area (Å²) in [6, 6.07) is 9.71. The minimum Gasteiger partial charge on any atom is -0.505 e. The number of hydrogen-bond acceptors (Lipinski definition) is 20. The molecule has 0 atom stereocenters. The Kier molecular flexibility index (Phi) is 13.2. The van der Waals surface area contributed by atoms with Gasteiger partial charge in [-0.25, -0.2) is 25.2 Å². The predicted molar refractivity (Wildman–Crippen MR) is 195 cm³/mol. The van der Waals surface area contributed by atoms with Crippen LogP contribution in [0, 0.1) is 0 Å². The first kappa shape index (κ1) is 45.1. The van der Waals surface area contributed by atoms with E-state index in [-0.39, 0.29) is 32.7 Å². The molecule has 310 valence electrons. The molecule has 4 aromatic rings. The van der Waals surface area contributed by atoms with E-state index in [2.05, 4.69) is 34.1 Å². The zero-order valence-electron chi connectivity index (χ0n) is 28.3. The van der Waals surface area contributed by atoms with Gasteiger partial charge in [0.2, 0.25) is 0 Å². The Morgan fingerprint density at radius 1 is 0.561 bits per heavy atom. The van der Waals surface area contributed by atoms with E-state index in [9.17, 15) is 64.7 Å².